The highest BCUT2D eigenvalue weighted by atomic mass is 32.2. The molecule has 2 amide bonds. The van der Waals surface area contributed by atoms with Gasteiger partial charge in [0.1, 0.15) is 5.82 Å². The number of amides is 2. The molecule has 1 atom stereocenters. The van der Waals surface area contributed by atoms with Crippen molar-refractivity contribution in [2.24, 2.45) is 0 Å². The molecule has 2 heterocycles. The summed E-state index contributed by atoms with van der Waals surface area (Å²) in [6, 6.07) is 3.03. The van der Waals surface area contributed by atoms with Gasteiger partial charge in [0.05, 0.1) is 18.1 Å². The first kappa shape index (κ1) is 17.5. The molecule has 1 aliphatic rings. The number of aromatic nitrogens is 1. The van der Waals surface area contributed by atoms with Crippen molar-refractivity contribution in [1.82, 2.24) is 14.6 Å². The number of sulfonamides is 1. The monoisotopic (exact) mass is 341 g/mol. The number of hydrogen-bond acceptors (Lipinski definition) is 5. The summed E-state index contributed by atoms with van der Waals surface area (Å²) in [5, 5.41) is 5.52. The summed E-state index contributed by atoms with van der Waals surface area (Å²) in [5.74, 6) is 0.798. The first-order valence-electron chi connectivity index (χ1n) is 7.42. The highest BCUT2D eigenvalue weighted by Crippen LogP contribution is 2.14. The third-order valence-corrected chi connectivity index (χ3v) is 4.92. The van der Waals surface area contributed by atoms with Gasteiger partial charge in [0.2, 0.25) is 10.0 Å². The molecule has 9 heteroatoms. The van der Waals surface area contributed by atoms with Crippen molar-refractivity contribution in [3.8, 4) is 0 Å². The van der Waals surface area contributed by atoms with Crippen LogP contribution in [0.4, 0.5) is 16.3 Å². The predicted molar refractivity (Wildman–Crippen MR) is 90.2 cm³/mol. The Hall–Kier alpha value is -1.87. The van der Waals surface area contributed by atoms with E-state index in [-0.39, 0.29) is 12.1 Å². The van der Waals surface area contributed by atoms with E-state index < -0.39 is 10.0 Å². The Labute approximate surface area is 136 Å². The number of anilines is 2. The van der Waals surface area contributed by atoms with Crippen molar-refractivity contribution in [1.29, 1.82) is 0 Å². The number of nitrogens with one attached hydrogen (secondary N) is 2. The predicted octanol–water partition coefficient (Wildman–Crippen LogP) is 0.693. The molecule has 8 nitrogen and oxygen atoms in total. The summed E-state index contributed by atoms with van der Waals surface area (Å²) in [5.41, 5.74) is 0.587. The van der Waals surface area contributed by atoms with Crippen LogP contribution in [-0.2, 0) is 10.0 Å². The van der Waals surface area contributed by atoms with Gasteiger partial charge in [-0.15, -0.1) is 0 Å². The molecule has 0 unspecified atom stereocenters. The topological polar surface area (TPSA) is 94.6 Å². The SMILES string of the molecule is CN(C)c1ccc(NC(=O)N[C@H]2CCCN(S(C)(=O)=O)C2)cn1. The van der Waals surface area contributed by atoms with Crippen LogP contribution in [0.25, 0.3) is 0 Å². The normalized spacial score (nSPS) is 19.2. The Morgan fingerprint density at radius 3 is 2.70 bits per heavy atom. The van der Waals surface area contributed by atoms with Crippen LogP contribution in [0.3, 0.4) is 0 Å². The lowest BCUT2D eigenvalue weighted by Crippen LogP contribution is -2.50. The number of urea groups is 1. The van der Waals surface area contributed by atoms with E-state index in [4.69, 9.17) is 0 Å². The zero-order valence-electron chi connectivity index (χ0n) is 13.6. The second-order valence-electron chi connectivity index (χ2n) is 5.86. The molecule has 128 valence electrons. The van der Waals surface area contributed by atoms with Crippen molar-refractivity contribution >= 4 is 27.6 Å². The quantitative estimate of drug-likeness (QED) is 0.840. The van der Waals surface area contributed by atoms with Crippen molar-refractivity contribution in [2.75, 3.05) is 43.7 Å². The lowest BCUT2D eigenvalue weighted by atomic mass is 10.1. The van der Waals surface area contributed by atoms with Gasteiger partial charge in [-0.1, -0.05) is 0 Å². The summed E-state index contributed by atoms with van der Waals surface area (Å²) in [6.45, 7) is 0.818. The molecule has 1 aromatic heterocycles. The van der Waals surface area contributed by atoms with E-state index >= 15 is 0 Å². The van der Waals surface area contributed by atoms with Crippen molar-refractivity contribution in [3.05, 3.63) is 18.3 Å². The van der Waals surface area contributed by atoms with Gasteiger partial charge in [0.15, 0.2) is 0 Å². The van der Waals surface area contributed by atoms with E-state index in [9.17, 15) is 13.2 Å². The van der Waals surface area contributed by atoms with Gasteiger partial charge in [-0.25, -0.2) is 22.5 Å². The van der Waals surface area contributed by atoms with Crippen molar-refractivity contribution in [2.45, 2.75) is 18.9 Å². The standard InChI is InChI=1S/C14H23N5O3S/c1-18(2)13-7-6-11(9-15-13)16-14(20)17-12-5-4-8-19(10-12)23(3,21)22/h6-7,9,12H,4-5,8,10H2,1-3H3,(H2,16,17,20)/t12-/m0/s1. The molecule has 23 heavy (non-hydrogen) atoms. The third kappa shape index (κ3) is 5.07. The first-order chi connectivity index (χ1) is 10.8. The molecule has 0 saturated carbocycles. The van der Waals surface area contributed by atoms with Gasteiger partial charge in [-0.2, -0.15) is 0 Å². The third-order valence-electron chi connectivity index (χ3n) is 3.65. The summed E-state index contributed by atoms with van der Waals surface area (Å²) in [7, 11) is 0.556. The number of rotatable bonds is 4. The molecular weight excluding hydrogens is 318 g/mol. The zero-order valence-corrected chi connectivity index (χ0v) is 14.4. The van der Waals surface area contributed by atoms with E-state index in [1.807, 2.05) is 25.1 Å². The molecule has 0 spiro atoms. The molecule has 0 aromatic carbocycles. The molecule has 0 bridgehead atoms. The molecule has 0 radical (unpaired) electrons. The smallest absolute Gasteiger partial charge is 0.319 e. The highest BCUT2D eigenvalue weighted by Gasteiger charge is 2.26. The number of carbonyl (C=O) groups excluding carboxylic acids is 1. The van der Waals surface area contributed by atoms with E-state index in [2.05, 4.69) is 15.6 Å². The summed E-state index contributed by atoms with van der Waals surface area (Å²) >= 11 is 0. The van der Waals surface area contributed by atoms with Gasteiger partial charge in [-0.3, -0.25) is 0 Å². The molecule has 1 saturated heterocycles. The summed E-state index contributed by atoms with van der Waals surface area (Å²) in [6.07, 6.45) is 4.26. The van der Waals surface area contributed by atoms with Gasteiger partial charge in [0, 0.05) is 33.2 Å². The van der Waals surface area contributed by atoms with Gasteiger partial charge in [-0.05, 0) is 25.0 Å². The van der Waals surface area contributed by atoms with E-state index in [0.717, 1.165) is 18.7 Å². The van der Waals surface area contributed by atoms with E-state index in [1.165, 1.54) is 10.6 Å². The van der Waals surface area contributed by atoms with Crippen LogP contribution in [0.2, 0.25) is 0 Å². The average Bonchev–Trinajstić information content (AvgIpc) is 2.47. The fraction of sp³-hybridized carbons (Fsp3) is 0.571. The van der Waals surface area contributed by atoms with Crippen LogP contribution in [0.1, 0.15) is 12.8 Å². The van der Waals surface area contributed by atoms with Crippen LogP contribution < -0.4 is 15.5 Å². The fourth-order valence-corrected chi connectivity index (χ4v) is 3.35. The second kappa shape index (κ2) is 7.14. The molecule has 1 aromatic rings. The Morgan fingerprint density at radius 2 is 2.13 bits per heavy atom. The molecule has 2 rings (SSSR count). The molecule has 2 N–H and O–H groups in total. The van der Waals surface area contributed by atoms with Crippen molar-refractivity contribution in [3.63, 3.8) is 0 Å². The molecule has 1 fully saturated rings. The summed E-state index contributed by atoms with van der Waals surface area (Å²) < 4.78 is 24.6. The highest BCUT2D eigenvalue weighted by molar-refractivity contribution is 7.88. The van der Waals surface area contributed by atoms with Gasteiger partial charge >= 0.3 is 6.03 Å². The van der Waals surface area contributed by atoms with Crippen LogP contribution in [0.5, 0.6) is 0 Å². The molecular formula is C14H23N5O3S. The Kier molecular flexibility index (Phi) is 5.42. The van der Waals surface area contributed by atoms with Crippen LogP contribution in [-0.4, -0.2) is 63.2 Å². The minimum absolute atomic E-state index is 0.188. The average molecular weight is 341 g/mol. The van der Waals surface area contributed by atoms with E-state index in [0.29, 0.717) is 18.8 Å². The minimum atomic E-state index is -3.22. The number of carbonyl (C=O) groups is 1. The lowest BCUT2D eigenvalue weighted by Gasteiger charge is -2.31. The number of piperidine rings is 1. The maximum absolute atomic E-state index is 12.0. The number of pyridine rings is 1. The number of nitrogens with zero attached hydrogens (tertiary/aromatic N) is 3. The lowest BCUT2D eigenvalue weighted by molar-refractivity contribution is 0.236. The second-order valence-corrected chi connectivity index (χ2v) is 7.84. The van der Waals surface area contributed by atoms with Crippen LogP contribution in [0.15, 0.2) is 18.3 Å². The van der Waals surface area contributed by atoms with E-state index in [1.54, 1.807) is 12.3 Å². The molecule has 1 aliphatic heterocycles. The van der Waals surface area contributed by atoms with Gasteiger partial charge in [0.25, 0.3) is 0 Å². The molecule has 0 aliphatic carbocycles. The maximum atomic E-state index is 12.0. The Bertz CT molecular complexity index is 645. The summed E-state index contributed by atoms with van der Waals surface area (Å²) in [4.78, 5) is 18.1. The Balaban J connectivity index is 1.89. The van der Waals surface area contributed by atoms with Crippen molar-refractivity contribution < 1.29 is 13.2 Å². The maximum Gasteiger partial charge on any atom is 0.319 e. The van der Waals surface area contributed by atoms with Gasteiger partial charge < -0.3 is 15.5 Å². The zero-order chi connectivity index (χ0) is 17.0. The first-order valence-corrected chi connectivity index (χ1v) is 9.26. The van der Waals surface area contributed by atoms with Crippen LogP contribution in [0, 0.1) is 0 Å². The minimum Gasteiger partial charge on any atom is -0.363 e. The number of hydrogen-bond donors (Lipinski definition) is 2. The van der Waals surface area contributed by atoms with Crippen LogP contribution >= 0.6 is 0 Å². The fourth-order valence-electron chi connectivity index (χ4n) is 2.44. The largest absolute Gasteiger partial charge is 0.363 e. The Morgan fingerprint density at radius 1 is 1.39 bits per heavy atom.